The van der Waals surface area contributed by atoms with Crippen LogP contribution in [-0.2, 0) is 13.0 Å². The van der Waals surface area contributed by atoms with E-state index < -0.39 is 0 Å². The molecule has 0 radical (unpaired) electrons. The summed E-state index contributed by atoms with van der Waals surface area (Å²) in [7, 11) is 1.64. The van der Waals surface area contributed by atoms with Gasteiger partial charge in [-0.3, -0.25) is 0 Å². The van der Waals surface area contributed by atoms with E-state index in [0.29, 0.717) is 12.1 Å². The maximum atomic E-state index is 9.01. The lowest BCUT2D eigenvalue weighted by molar-refractivity contribution is 0.410. The molecular weight excluding hydrogens is 328 g/mol. The van der Waals surface area contributed by atoms with E-state index in [1.807, 2.05) is 18.2 Å². The average molecular weight is 345 g/mol. The van der Waals surface area contributed by atoms with Gasteiger partial charge in [0.15, 0.2) is 0 Å². The first-order valence-corrected chi connectivity index (χ1v) is 7.56. The van der Waals surface area contributed by atoms with Gasteiger partial charge in [0.25, 0.3) is 0 Å². The third-order valence-corrected chi connectivity index (χ3v) is 3.82. The quantitative estimate of drug-likeness (QED) is 0.868. The van der Waals surface area contributed by atoms with Crippen molar-refractivity contribution in [2.75, 3.05) is 12.4 Å². The molecule has 0 aliphatic heterocycles. The lowest BCUT2D eigenvalue weighted by Gasteiger charge is -2.14. The minimum Gasteiger partial charge on any atom is -0.496 e. The molecule has 0 amide bonds. The Kier molecular flexibility index (Phi) is 5.24. The Morgan fingerprint density at radius 2 is 2.00 bits per heavy atom. The van der Waals surface area contributed by atoms with Crippen LogP contribution in [0.3, 0.4) is 0 Å². The fraction of sp³-hybridized carbons (Fsp3) is 0.235. The number of aryl methyl sites for hydroxylation is 1. The van der Waals surface area contributed by atoms with Crippen molar-refractivity contribution in [2.45, 2.75) is 19.9 Å². The van der Waals surface area contributed by atoms with Crippen molar-refractivity contribution in [3.8, 4) is 11.8 Å². The first kappa shape index (κ1) is 15.4. The van der Waals surface area contributed by atoms with Gasteiger partial charge in [-0.15, -0.1) is 0 Å². The molecule has 2 aromatic rings. The van der Waals surface area contributed by atoms with E-state index in [2.05, 4.69) is 46.4 Å². The van der Waals surface area contributed by atoms with Crippen LogP contribution in [0, 0.1) is 11.3 Å². The van der Waals surface area contributed by atoms with E-state index >= 15 is 0 Å². The van der Waals surface area contributed by atoms with Crippen molar-refractivity contribution in [3.63, 3.8) is 0 Å². The van der Waals surface area contributed by atoms with Gasteiger partial charge in [0.1, 0.15) is 5.75 Å². The van der Waals surface area contributed by atoms with E-state index in [0.717, 1.165) is 27.9 Å². The average Bonchev–Trinajstić information content (AvgIpc) is 2.53. The van der Waals surface area contributed by atoms with Crippen LogP contribution in [0.2, 0.25) is 0 Å². The number of nitrogens with zero attached hydrogens (tertiary/aromatic N) is 1. The highest BCUT2D eigenvalue weighted by Crippen LogP contribution is 2.24. The summed E-state index contributed by atoms with van der Waals surface area (Å²) in [4.78, 5) is 0. The molecule has 2 rings (SSSR count). The standard InChI is InChI=1S/C17H17BrN2O/c1-3-13-9-15(18)5-6-16(13)20-11-14-8-12(10-19)4-7-17(14)21-2/h4-9,20H,3,11H2,1-2H3. The zero-order valence-corrected chi connectivity index (χ0v) is 13.7. The minimum absolute atomic E-state index is 0.618. The van der Waals surface area contributed by atoms with Crippen LogP contribution >= 0.6 is 15.9 Å². The normalized spacial score (nSPS) is 10.0. The fourth-order valence-electron chi connectivity index (χ4n) is 2.20. The summed E-state index contributed by atoms with van der Waals surface area (Å²) < 4.78 is 6.43. The molecule has 0 spiro atoms. The third kappa shape index (κ3) is 3.77. The number of rotatable bonds is 5. The van der Waals surface area contributed by atoms with Crippen molar-refractivity contribution in [3.05, 3.63) is 57.6 Å². The molecule has 0 aromatic heterocycles. The highest BCUT2D eigenvalue weighted by Gasteiger charge is 2.06. The number of ether oxygens (including phenoxy) is 1. The topological polar surface area (TPSA) is 45.0 Å². The largest absolute Gasteiger partial charge is 0.496 e. The molecule has 0 bridgehead atoms. The lowest BCUT2D eigenvalue weighted by atomic mass is 10.1. The Labute approximate surface area is 133 Å². The molecule has 2 aromatic carbocycles. The van der Waals surface area contributed by atoms with Crippen molar-refractivity contribution in [1.29, 1.82) is 5.26 Å². The summed E-state index contributed by atoms with van der Waals surface area (Å²) in [6.07, 6.45) is 0.955. The molecule has 0 atom stereocenters. The van der Waals surface area contributed by atoms with Gasteiger partial charge in [0.05, 0.1) is 18.7 Å². The summed E-state index contributed by atoms with van der Waals surface area (Å²) in [6.45, 7) is 2.75. The van der Waals surface area contributed by atoms with Crippen LogP contribution in [0.15, 0.2) is 40.9 Å². The van der Waals surface area contributed by atoms with Gasteiger partial charge in [0.2, 0.25) is 0 Å². The number of nitrogens with one attached hydrogen (secondary N) is 1. The molecule has 0 aliphatic rings. The molecule has 0 aliphatic carbocycles. The zero-order valence-electron chi connectivity index (χ0n) is 12.1. The summed E-state index contributed by atoms with van der Waals surface area (Å²) >= 11 is 3.49. The van der Waals surface area contributed by atoms with Crippen LogP contribution in [0.25, 0.3) is 0 Å². The SMILES string of the molecule is CCc1cc(Br)ccc1NCc1cc(C#N)ccc1OC. The fourth-order valence-corrected chi connectivity index (χ4v) is 2.61. The summed E-state index contributed by atoms with van der Waals surface area (Å²) in [5.41, 5.74) is 3.96. The highest BCUT2D eigenvalue weighted by molar-refractivity contribution is 9.10. The number of methoxy groups -OCH3 is 1. The second-order valence-electron chi connectivity index (χ2n) is 4.65. The predicted molar refractivity (Wildman–Crippen MR) is 88.6 cm³/mol. The van der Waals surface area contributed by atoms with Gasteiger partial charge in [-0.25, -0.2) is 0 Å². The molecule has 21 heavy (non-hydrogen) atoms. The first-order chi connectivity index (χ1) is 10.2. The molecule has 0 saturated heterocycles. The van der Waals surface area contributed by atoms with Gasteiger partial charge >= 0.3 is 0 Å². The molecule has 0 fully saturated rings. The molecule has 3 nitrogen and oxygen atoms in total. The van der Waals surface area contributed by atoms with E-state index in [1.165, 1.54) is 5.56 Å². The molecule has 0 saturated carbocycles. The Morgan fingerprint density at radius 1 is 1.19 bits per heavy atom. The monoisotopic (exact) mass is 344 g/mol. The number of halogens is 1. The van der Waals surface area contributed by atoms with Gasteiger partial charge in [-0.1, -0.05) is 22.9 Å². The van der Waals surface area contributed by atoms with E-state index in [1.54, 1.807) is 13.2 Å². The maximum Gasteiger partial charge on any atom is 0.123 e. The second-order valence-corrected chi connectivity index (χ2v) is 5.56. The smallest absolute Gasteiger partial charge is 0.123 e. The van der Waals surface area contributed by atoms with E-state index in [-0.39, 0.29) is 0 Å². The zero-order chi connectivity index (χ0) is 15.2. The summed E-state index contributed by atoms with van der Waals surface area (Å²) in [6, 6.07) is 13.8. The maximum absolute atomic E-state index is 9.01. The Hall–Kier alpha value is -1.99. The molecule has 1 N–H and O–H groups in total. The van der Waals surface area contributed by atoms with E-state index in [9.17, 15) is 0 Å². The van der Waals surface area contributed by atoms with Gasteiger partial charge in [-0.2, -0.15) is 5.26 Å². The van der Waals surface area contributed by atoms with Gasteiger partial charge in [-0.05, 0) is 48.4 Å². The highest BCUT2D eigenvalue weighted by atomic mass is 79.9. The summed E-state index contributed by atoms with van der Waals surface area (Å²) in [5.74, 6) is 0.789. The Bertz CT molecular complexity index is 677. The van der Waals surface area contributed by atoms with Gasteiger partial charge < -0.3 is 10.1 Å². The van der Waals surface area contributed by atoms with Crippen LogP contribution in [0.5, 0.6) is 5.75 Å². The second kappa shape index (κ2) is 7.14. The van der Waals surface area contributed by atoms with Crippen molar-refractivity contribution in [2.24, 2.45) is 0 Å². The Balaban J connectivity index is 2.22. The molecule has 108 valence electrons. The minimum atomic E-state index is 0.618. The van der Waals surface area contributed by atoms with E-state index in [4.69, 9.17) is 10.00 Å². The van der Waals surface area contributed by atoms with Crippen molar-refractivity contribution in [1.82, 2.24) is 0 Å². The molecule has 0 heterocycles. The number of anilines is 1. The van der Waals surface area contributed by atoms with Crippen LogP contribution in [0.4, 0.5) is 5.69 Å². The number of nitriles is 1. The van der Waals surface area contributed by atoms with Crippen LogP contribution < -0.4 is 10.1 Å². The first-order valence-electron chi connectivity index (χ1n) is 6.77. The van der Waals surface area contributed by atoms with Gasteiger partial charge in [0, 0.05) is 22.3 Å². The number of benzene rings is 2. The Morgan fingerprint density at radius 3 is 2.67 bits per heavy atom. The molecular formula is C17H17BrN2O. The van der Waals surface area contributed by atoms with Crippen LogP contribution in [0.1, 0.15) is 23.6 Å². The number of hydrogen-bond donors (Lipinski definition) is 1. The summed E-state index contributed by atoms with van der Waals surface area (Å²) in [5, 5.41) is 12.4. The number of hydrogen-bond acceptors (Lipinski definition) is 3. The third-order valence-electron chi connectivity index (χ3n) is 3.33. The van der Waals surface area contributed by atoms with Crippen molar-refractivity contribution >= 4 is 21.6 Å². The lowest BCUT2D eigenvalue weighted by Crippen LogP contribution is -2.04. The molecule has 4 heteroatoms. The predicted octanol–water partition coefficient (Wildman–Crippen LogP) is 4.50. The van der Waals surface area contributed by atoms with Crippen LogP contribution in [-0.4, -0.2) is 7.11 Å². The molecule has 0 unspecified atom stereocenters. The van der Waals surface area contributed by atoms with Crippen molar-refractivity contribution < 1.29 is 4.74 Å².